The normalized spacial score (nSPS) is 17.9. The minimum Gasteiger partial charge on any atom is -0.349 e. The van der Waals surface area contributed by atoms with Crippen LogP contribution in [-0.4, -0.2) is 21.5 Å². The molecule has 0 radical (unpaired) electrons. The molecule has 0 saturated heterocycles. The van der Waals surface area contributed by atoms with E-state index < -0.39 is 0 Å². The van der Waals surface area contributed by atoms with Crippen LogP contribution in [-0.2, 0) is 12.3 Å². The third-order valence-electron chi connectivity index (χ3n) is 7.11. The summed E-state index contributed by atoms with van der Waals surface area (Å²) >= 11 is 1.63. The largest absolute Gasteiger partial charge is 0.349 e. The number of hydrogen-bond acceptors (Lipinski definition) is 3. The molecule has 1 aromatic heterocycles. The molecule has 4 aromatic rings. The van der Waals surface area contributed by atoms with Crippen LogP contribution in [0.2, 0.25) is 0 Å². The van der Waals surface area contributed by atoms with Crippen molar-refractivity contribution in [2.24, 2.45) is 5.92 Å². The van der Waals surface area contributed by atoms with Gasteiger partial charge in [0.05, 0.1) is 17.6 Å². The molecule has 0 unspecified atom stereocenters. The SMILES string of the molecule is Cc1cccc(Cn2c(SCc3ccc(F)cc3)nc3ccc(C(=O)N[C@@H]4CCCC[C@H]4C)cc32)c1. The Hall–Kier alpha value is -3.12. The van der Waals surface area contributed by atoms with Gasteiger partial charge in [-0.1, -0.05) is 73.5 Å². The third kappa shape index (κ3) is 5.65. The first kappa shape index (κ1) is 24.6. The highest BCUT2D eigenvalue weighted by Crippen LogP contribution is 2.29. The van der Waals surface area contributed by atoms with Gasteiger partial charge in [0.1, 0.15) is 5.82 Å². The van der Waals surface area contributed by atoms with Gasteiger partial charge in [-0.05, 0) is 67.1 Å². The number of carbonyl (C=O) groups is 1. The smallest absolute Gasteiger partial charge is 0.251 e. The second kappa shape index (κ2) is 10.9. The van der Waals surface area contributed by atoms with E-state index in [-0.39, 0.29) is 17.8 Å². The van der Waals surface area contributed by atoms with Gasteiger partial charge in [-0.25, -0.2) is 9.37 Å². The van der Waals surface area contributed by atoms with Crippen LogP contribution in [0.1, 0.15) is 59.7 Å². The highest BCUT2D eigenvalue weighted by molar-refractivity contribution is 7.98. The van der Waals surface area contributed by atoms with E-state index in [1.807, 2.05) is 30.3 Å². The van der Waals surface area contributed by atoms with E-state index in [0.29, 0.717) is 23.8 Å². The van der Waals surface area contributed by atoms with Crippen molar-refractivity contribution in [3.8, 4) is 0 Å². The number of benzene rings is 3. The molecule has 3 aromatic carbocycles. The van der Waals surface area contributed by atoms with Crippen molar-refractivity contribution in [2.45, 2.75) is 63.0 Å². The van der Waals surface area contributed by atoms with E-state index in [2.05, 4.69) is 48.0 Å². The zero-order valence-electron chi connectivity index (χ0n) is 20.8. The predicted octanol–water partition coefficient (Wildman–Crippen LogP) is 7.13. The second-order valence-electron chi connectivity index (χ2n) is 9.93. The van der Waals surface area contributed by atoms with Crippen LogP contribution in [0.3, 0.4) is 0 Å². The molecule has 2 atom stereocenters. The van der Waals surface area contributed by atoms with Gasteiger partial charge in [-0.2, -0.15) is 0 Å². The first-order chi connectivity index (χ1) is 17.5. The summed E-state index contributed by atoms with van der Waals surface area (Å²) in [6.45, 7) is 4.98. The Morgan fingerprint density at radius 2 is 1.86 bits per heavy atom. The molecular weight excluding hydrogens is 469 g/mol. The number of amides is 1. The van der Waals surface area contributed by atoms with Gasteiger partial charge >= 0.3 is 0 Å². The zero-order valence-corrected chi connectivity index (χ0v) is 21.7. The number of carbonyl (C=O) groups excluding carboxylic acids is 1. The predicted molar refractivity (Wildman–Crippen MR) is 145 cm³/mol. The van der Waals surface area contributed by atoms with Crippen molar-refractivity contribution in [2.75, 3.05) is 0 Å². The van der Waals surface area contributed by atoms with Crippen LogP contribution >= 0.6 is 11.8 Å². The molecule has 6 heteroatoms. The van der Waals surface area contributed by atoms with Crippen molar-refractivity contribution < 1.29 is 9.18 Å². The molecule has 1 heterocycles. The summed E-state index contributed by atoms with van der Waals surface area (Å²) in [7, 11) is 0. The van der Waals surface area contributed by atoms with Crippen LogP contribution < -0.4 is 5.32 Å². The number of halogens is 1. The summed E-state index contributed by atoms with van der Waals surface area (Å²) in [6, 6.07) is 21.1. The van der Waals surface area contributed by atoms with Gasteiger partial charge in [0.2, 0.25) is 0 Å². The lowest BCUT2D eigenvalue weighted by Gasteiger charge is -2.29. The molecule has 4 nitrogen and oxygen atoms in total. The summed E-state index contributed by atoms with van der Waals surface area (Å²) in [5.74, 6) is 0.945. The monoisotopic (exact) mass is 501 g/mol. The van der Waals surface area contributed by atoms with Crippen LogP contribution in [0.25, 0.3) is 11.0 Å². The molecule has 36 heavy (non-hydrogen) atoms. The minimum atomic E-state index is -0.233. The van der Waals surface area contributed by atoms with Crippen molar-refractivity contribution >= 4 is 28.7 Å². The summed E-state index contributed by atoms with van der Waals surface area (Å²) in [4.78, 5) is 18.1. The number of aromatic nitrogens is 2. The molecule has 1 N–H and O–H groups in total. The van der Waals surface area contributed by atoms with Crippen LogP contribution in [0.15, 0.2) is 71.9 Å². The fourth-order valence-electron chi connectivity index (χ4n) is 5.01. The fourth-order valence-corrected chi connectivity index (χ4v) is 5.98. The van der Waals surface area contributed by atoms with Gasteiger partial charge in [0.25, 0.3) is 5.91 Å². The quantitative estimate of drug-likeness (QED) is 0.274. The zero-order chi connectivity index (χ0) is 25.1. The highest BCUT2D eigenvalue weighted by atomic mass is 32.2. The molecule has 5 rings (SSSR count). The maximum absolute atomic E-state index is 13.3. The number of nitrogens with one attached hydrogen (secondary N) is 1. The Kier molecular flexibility index (Phi) is 7.42. The molecule has 1 aliphatic carbocycles. The number of aryl methyl sites for hydroxylation is 1. The van der Waals surface area contributed by atoms with Crippen molar-refractivity contribution in [1.29, 1.82) is 0 Å². The molecule has 1 aliphatic rings. The molecule has 0 bridgehead atoms. The van der Waals surface area contributed by atoms with E-state index in [1.54, 1.807) is 11.8 Å². The lowest BCUT2D eigenvalue weighted by Crippen LogP contribution is -2.41. The number of imidazole rings is 1. The fraction of sp³-hybridized carbons (Fsp3) is 0.333. The summed E-state index contributed by atoms with van der Waals surface area (Å²) in [6.07, 6.45) is 4.63. The van der Waals surface area contributed by atoms with Gasteiger partial charge in [0, 0.05) is 17.4 Å². The number of thioether (sulfide) groups is 1. The topological polar surface area (TPSA) is 46.9 Å². The van der Waals surface area contributed by atoms with E-state index in [0.717, 1.165) is 28.2 Å². The number of fused-ring (bicyclic) bond motifs is 1. The second-order valence-corrected chi connectivity index (χ2v) is 10.9. The Balaban J connectivity index is 1.46. The van der Waals surface area contributed by atoms with Crippen molar-refractivity contribution in [3.05, 3.63) is 94.8 Å². The standard InChI is InChI=1S/C30H32FN3OS/c1-20-6-5-8-23(16-20)18-34-28-17-24(29(35)32-26-9-4-3-7-21(26)2)12-15-27(28)33-30(34)36-19-22-10-13-25(31)14-11-22/h5-6,8,10-17,21,26H,3-4,7,9,18-19H2,1-2H3,(H,32,35)/t21-,26-/m1/s1. The van der Waals surface area contributed by atoms with Crippen LogP contribution in [0.5, 0.6) is 0 Å². The number of nitrogens with zero attached hydrogens (tertiary/aromatic N) is 2. The summed E-state index contributed by atoms with van der Waals surface area (Å²) in [5.41, 5.74) is 5.91. The molecule has 1 saturated carbocycles. The van der Waals surface area contributed by atoms with Crippen LogP contribution in [0, 0.1) is 18.7 Å². The van der Waals surface area contributed by atoms with Crippen molar-refractivity contribution in [1.82, 2.24) is 14.9 Å². The lowest BCUT2D eigenvalue weighted by molar-refractivity contribution is 0.0910. The van der Waals surface area contributed by atoms with Crippen molar-refractivity contribution in [3.63, 3.8) is 0 Å². The first-order valence-electron chi connectivity index (χ1n) is 12.7. The summed E-state index contributed by atoms with van der Waals surface area (Å²) in [5, 5.41) is 4.16. The van der Waals surface area contributed by atoms with Gasteiger partial charge in [0.15, 0.2) is 5.16 Å². The Labute approximate surface area is 216 Å². The molecule has 186 valence electrons. The Bertz CT molecular complexity index is 1360. The molecule has 0 spiro atoms. The van der Waals surface area contributed by atoms with E-state index >= 15 is 0 Å². The lowest BCUT2D eigenvalue weighted by atomic mass is 9.86. The first-order valence-corrected chi connectivity index (χ1v) is 13.7. The average molecular weight is 502 g/mol. The maximum atomic E-state index is 13.3. The Morgan fingerprint density at radius 1 is 1.06 bits per heavy atom. The maximum Gasteiger partial charge on any atom is 0.251 e. The average Bonchev–Trinajstić information content (AvgIpc) is 3.21. The number of hydrogen-bond donors (Lipinski definition) is 1. The molecular formula is C30H32FN3OS. The van der Waals surface area contributed by atoms with Gasteiger partial charge in [-0.15, -0.1) is 0 Å². The van der Waals surface area contributed by atoms with E-state index in [9.17, 15) is 9.18 Å². The third-order valence-corrected chi connectivity index (χ3v) is 8.16. The summed E-state index contributed by atoms with van der Waals surface area (Å²) < 4.78 is 15.5. The van der Waals surface area contributed by atoms with Gasteiger partial charge in [-0.3, -0.25) is 4.79 Å². The molecule has 1 amide bonds. The van der Waals surface area contributed by atoms with E-state index in [4.69, 9.17) is 4.98 Å². The van der Waals surface area contributed by atoms with E-state index in [1.165, 1.54) is 42.5 Å². The highest BCUT2D eigenvalue weighted by Gasteiger charge is 2.24. The minimum absolute atomic E-state index is 0.0144. The molecule has 1 fully saturated rings. The Morgan fingerprint density at radius 3 is 2.64 bits per heavy atom. The number of rotatable bonds is 7. The molecule has 0 aliphatic heterocycles. The van der Waals surface area contributed by atoms with Gasteiger partial charge < -0.3 is 9.88 Å². The van der Waals surface area contributed by atoms with Crippen LogP contribution in [0.4, 0.5) is 4.39 Å².